The summed E-state index contributed by atoms with van der Waals surface area (Å²) in [5, 5.41) is 12.9. The van der Waals surface area contributed by atoms with E-state index in [1.54, 1.807) is 35.6 Å². The van der Waals surface area contributed by atoms with Crippen molar-refractivity contribution in [3.05, 3.63) is 57.8 Å². The number of thiophene rings is 1. The summed E-state index contributed by atoms with van der Waals surface area (Å²) < 4.78 is 0. The highest BCUT2D eigenvalue weighted by Crippen LogP contribution is 2.24. The van der Waals surface area contributed by atoms with Crippen LogP contribution in [0.4, 0.5) is 0 Å². The number of carboxylic acid groups (broad SMARTS) is 1. The minimum Gasteiger partial charge on any atom is -0.478 e. The second kappa shape index (κ2) is 4.47. The molecule has 82 valence electrons. The minimum absolute atomic E-state index is 0.265. The predicted octanol–water partition coefficient (Wildman–Crippen LogP) is 2.49. The molecule has 0 spiro atoms. The van der Waals surface area contributed by atoms with Crippen LogP contribution in [0.25, 0.3) is 0 Å². The van der Waals surface area contributed by atoms with Crippen LogP contribution in [0.15, 0.2) is 41.1 Å². The van der Waals surface area contributed by atoms with Gasteiger partial charge in [-0.3, -0.25) is 0 Å². The molecule has 4 heteroatoms. The molecule has 0 saturated carbocycles. The smallest absolute Gasteiger partial charge is 0.336 e. The number of hydrogen-bond acceptors (Lipinski definition) is 3. The van der Waals surface area contributed by atoms with Crippen molar-refractivity contribution in [2.75, 3.05) is 0 Å². The van der Waals surface area contributed by atoms with Crippen LogP contribution in [0.2, 0.25) is 0 Å². The molecule has 0 amide bonds. The highest BCUT2D eigenvalue weighted by molar-refractivity contribution is 7.08. The molecular weight excluding hydrogens is 222 g/mol. The first-order valence-electron chi connectivity index (χ1n) is 4.80. The molecule has 0 aliphatic rings. The van der Waals surface area contributed by atoms with Crippen LogP contribution in [-0.2, 0) is 0 Å². The Hall–Kier alpha value is -1.65. The Morgan fingerprint density at radius 2 is 2.06 bits per heavy atom. The molecule has 2 aromatic rings. The van der Waals surface area contributed by atoms with Gasteiger partial charge >= 0.3 is 5.97 Å². The first kappa shape index (κ1) is 10.9. The summed E-state index contributed by atoms with van der Waals surface area (Å²) in [7, 11) is 0. The van der Waals surface area contributed by atoms with E-state index in [1.165, 1.54) is 0 Å². The largest absolute Gasteiger partial charge is 0.478 e. The monoisotopic (exact) mass is 233 g/mol. The van der Waals surface area contributed by atoms with Crippen molar-refractivity contribution in [1.82, 2.24) is 0 Å². The Balaban J connectivity index is 2.44. The normalized spacial score (nSPS) is 12.3. The zero-order valence-electron chi connectivity index (χ0n) is 8.46. The number of carboxylic acids is 1. The van der Waals surface area contributed by atoms with Crippen LogP contribution in [0.1, 0.15) is 27.5 Å². The molecule has 0 saturated heterocycles. The van der Waals surface area contributed by atoms with Crippen molar-refractivity contribution in [1.29, 1.82) is 0 Å². The molecule has 3 N–H and O–H groups in total. The quantitative estimate of drug-likeness (QED) is 0.856. The lowest BCUT2D eigenvalue weighted by atomic mass is 9.97. The van der Waals surface area contributed by atoms with E-state index >= 15 is 0 Å². The predicted molar refractivity (Wildman–Crippen MR) is 63.8 cm³/mol. The number of nitrogens with two attached hydrogens (primary N) is 1. The van der Waals surface area contributed by atoms with Crippen LogP contribution in [0.5, 0.6) is 0 Å². The molecule has 1 atom stereocenters. The highest BCUT2D eigenvalue weighted by Gasteiger charge is 2.16. The number of benzene rings is 1. The molecule has 0 bridgehead atoms. The summed E-state index contributed by atoms with van der Waals surface area (Å²) in [5.41, 5.74) is 7.90. The third kappa shape index (κ3) is 1.98. The standard InChI is InChI=1S/C12H11NO2S/c13-11(8-5-6-16-7-8)9-3-1-2-4-10(9)12(14)15/h1-7,11H,13H2,(H,14,15)/t11-/m0/s1. The van der Waals surface area contributed by atoms with Gasteiger partial charge in [0.05, 0.1) is 11.6 Å². The molecule has 0 radical (unpaired) electrons. The van der Waals surface area contributed by atoms with Crippen LogP contribution in [0, 0.1) is 0 Å². The molecule has 0 aliphatic carbocycles. The lowest BCUT2D eigenvalue weighted by Gasteiger charge is -2.13. The fraction of sp³-hybridized carbons (Fsp3) is 0.0833. The summed E-state index contributed by atoms with van der Waals surface area (Å²) in [6.45, 7) is 0. The van der Waals surface area contributed by atoms with Gasteiger partial charge in [-0.25, -0.2) is 4.79 Å². The van der Waals surface area contributed by atoms with Crippen molar-refractivity contribution >= 4 is 17.3 Å². The van der Waals surface area contributed by atoms with Gasteiger partial charge in [-0.2, -0.15) is 11.3 Å². The number of aromatic carboxylic acids is 1. The Morgan fingerprint density at radius 1 is 1.31 bits per heavy atom. The first-order chi connectivity index (χ1) is 7.70. The van der Waals surface area contributed by atoms with Gasteiger partial charge in [0.15, 0.2) is 0 Å². The van der Waals surface area contributed by atoms with E-state index in [4.69, 9.17) is 10.8 Å². The molecular formula is C12H11NO2S. The number of carbonyl (C=O) groups is 1. The summed E-state index contributed by atoms with van der Waals surface area (Å²) in [5.74, 6) is -0.943. The third-order valence-electron chi connectivity index (χ3n) is 2.43. The second-order valence-corrected chi connectivity index (χ2v) is 4.21. The van der Waals surface area contributed by atoms with Gasteiger partial charge in [0.2, 0.25) is 0 Å². The SMILES string of the molecule is N[C@@H](c1ccsc1)c1ccccc1C(=O)O. The second-order valence-electron chi connectivity index (χ2n) is 3.43. The number of hydrogen-bond donors (Lipinski definition) is 2. The van der Waals surface area contributed by atoms with E-state index in [9.17, 15) is 4.79 Å². The molecule has 1 aromatic heterocycles. The zero-order valence-corrected chi connectivity index (χ0v) is 9.28. The van der Waals surface area contributed by atoms with Crippen molar-refractivity contribution in [2.24, 2.45) is 5.73 Å². The average molecular weight is 233 g/mol. The lowest BCUT2D eigenvalue weighted by molar-refractivity contribution is 0.0695. The molecule has 2 rings (SSSR count). The van der Waals surface area contributed by atoms with Gasteiger partial charge in [0.25, 0.3) is 0 Å². The van der Waals surface area contributed by atoms with Gasteiger partial charge in [-0.05, 0) is 34.0 Å². The van der Waals surface area contributed by atoms with E-state index in [0.29, 0.717) is 5.56 Å². The average Bonchev–Trinajstić information content (AvgIpc) is 2.81. The van der Waals surface area contributed by atoms with E-state index in [-0.39, 0.29) is 11.6 Å². The molecule has 0 aliphatic heterocycles. The summed E-state index contributed by atoms with van der Waals surface area (Å²) in [6.07, 6.45) is 0. The maximum atomic E-state index is 11.0. The summed E-state index contributed by atoms with van der Waals surface area (Å²) in [6, 6.07) is 8.36. The van der Waals surface area contributed by atoms with E-state index in [0.717, 1.165) is 5.56 Å². The Labute approximate surface area is 97.2 Å². The minimum atomic E-state index is -0.943. The molecule has 1 aromatic carbocycles. The van der Waals surface area contributed by atoms with Crippen molar-refractivity contribution in [3.8, 4) is 0 Å². The Bertz CT molecular complexity index is 493. The maximum Gasteiger partial charge on any atom is 0.336 e. The lowest BCUT2D eigenvalue weighted by Crippen LogP contribution is -2.15. The van der Waals surface area contributed by atoms with Gasteiger partial charge in [-0.1, -0.05) is 18.2 Å². The Morgan fingerprint density at radius 3 is 2.69 bits per heavy atom. The molecule has 0 unspecified atom stereocenters. The highest BCUT2D eigenvalue weighted by atomic mass is 32.1. The van der Waals surface area contributed by atoms with Gasteiger partial charge in [-0.15, -0.1) is 0 Å². The first-order valence-corrected chi connectivity index (χ1v) is 5.74. The number of rotatable bonds is 3. The molecule has 3 nitrogen and oxygen atoms in total. The topological polar surface area (TPSA) is 63.3 Å². The summed E-state index contributed by atoms with van der Waals surface area (Å²) in [4.78, 5) is 11.0. The Kier molecular flexibility index (Phi) is 3.03. The third-order valence-corrected chi connectivity index (χ3v) is 3.13. The summed E-state index contributed by atoms with van der Waals surface area (Å²) >= 11 is 1.55. The van der Waals surface area contributed by atoms with Crippen LogP contribution < -0.4 is 5.73 Å². The van der Waals surface area contributed by atoms with Gasteiger partial charge in [0, 0.05) is 0 Å². The van der Waals surface area contributed by atoms with Crippen LogP contribution in [-0.4, -0.2) is 11.1 Å². The van der Waals surface area contributed by atoms with Crippen molar-refractivity contribution in [3.63, 3.8) is 0 Å². The molecule has 1 heterocycles. The van der Waals surface area contributed by atoms with E-state index in [1.807, 2.05) is 16.8 Å². The van der Waals surface area contributed by atoms with Crippen LogP contribution in [0.3, 0.4) is 0 Å². The van der Waals surface area contributed by atoms with Crippen molar-refractivity contribution in [2.45, 2.75) is 6.04 Å². The van der Waals surface area contributed by atoms with Crippen molar-refractivity contribution < 1.29 is 9.90 Å². The van der Waals surface area contributed by atoms with Gasteiger partial charge in [0.1, 0.15) is 0 Å². The fourth-order valence-corrected chi connectivity index (χ4v) is 2.29. The maximum absolute atomic E-state index is 11.0. The van der Waals surface area contributed by atoms with E-state index in [2.05, 4.69) is 0 Å². The fourth-order valence-electron chi connectivity index (χ4n) is 1.59. The van der Waals surface area contributed by atoms with Crippen LogP contribution >= 0.6 is 11.3 Å². The van der Waals surface area contributed by atoms with E-state index < -0.39 is 5.97 Å². The zero-order chi connectivity index (χ0) is 11.5. The molecule has 0 fully saturated rings. The van der Waals surface area contributed by atoms with Gasteiger partial charge < -0.3 is 10.8 Å². The molecule has 16 heavy (non-hydrogen) atoms.